The lowest BCUT2D eigenvalue weighted by molar-refractivity contribution is 0.439. The van der Waals surface area contributed by atoms with Crippen LogP contribution in [-0.4, -0.2) is 25.4 Å². The molecule has 6 heteroatoms. The molecule has 1 atom stereocenters. The number of aryl methyl sites for hydroxylation is 1. The average molecular weight is 397 g/mol. The molecule has 28 heavy (non-hydrogen) atoms. The van der Waals surface area contributed by atoms with Gasteiger partial charge in [-0.1, -0.05) is 63.7 Å². The van der Waals surface area contributed by atoms with Crippen molar-refractivity contribution in [3.8, 4) is 11.3 Å². The molecule has 1 aromatic carbocycles. The minimum atomic E-state index is -0.218. The highest BCUT2D eigenvalue weighted by Crippen LogP contribution is 2.42. The third kappa shape index (κ3) is 2.89. The van der Waals surface area contributed by atoms with Crippen LogP contribution < -0.4 is 5.56 Å². The lowest BCUT2D eigenvalue weighted by atomic mass is 9.69. The van der Waals surface area contributed by atoms with Gasteiger partial charge in [0.25, 0.3) is 5.56 Å². The maximum absolute atomic E-state index is 13.7. The van der Waals surface area contributed by atoms with E-state index in [0.717, 1.165) is 47.8 Å². The van der Waals surface area contributed by atoms with Gasteiger partial charge >= 0.3 is 0 Å². The lowest BCUT2D eigenvalue weighted by Gasteiger charge is -2.35. The zero-order valence-electron chi connectivity index (χ0n) is 17.3. The van der Waals surface area contributed by atoms with Crippen LogP contribution in [0.3, 0.4) is 0 Å². The van der Waals surface area contributed by atoms with Crippen LogP contribution in [0.4, 0.5) is 0 Å². The Labute approximate surface area is 170 Å². The summed E-state index contributed by atoms with van der Waals surface area (Å²) in [4.78, 5) is 18.8. The van der Waals surface area contributed by atoms with Crippen molar-refractivity contribution in [1.29, 1.82) is 0 Å². The van der Waals surface area contributed by atoms with Gasteiger partial charge in [0.2, 0.25) is 5.78 Å². The highest BCUT2D eigenvalue weighted by Gasteiger charge is 2.38. The van der Waals surface area contributed by atoms with Crippen molar-refractivity contribution in [3.05, 3.63) is 45.7 Å². The molecule has 0 radical (unpaired) electrons. The highest BCUT2D eigenvalue weighted by molar-refractivity contribution is 7.98. The van der Waals surface area contributed by atoms with Gasteiger partial charge in [0.05, 0.1) is 11.3 Å². The van der Waals surface area contributed by atoms with Crippen molar-refractivity contribution in [1.82, 2.24) is 19.2 Å². The summed E-state index contributed by atoms with van der Waals surface area (Å²) in [5, 5.41) is 5.44. The van der Waals surface area contributed by atoms with Crippen LogP contribution >= 0.6 is 11.8 Å². The van der Waals surface area contributed by atoms with Gasteiger partial charge in [-0.05, 0) is 37.0 Å². The Morgan fingerprint density at radius 2 is 2.04 bits per heavy atom. The molecule has 1 unspecified atom stereocenters. The number of rotatable bonds is 5. The molecule has 0 spiro atoms. The standard InChI is InChI=1S/C22H28N4OS/c1-6-22(4)13-15-9-7-8-10-16(15)18-17(22)19(27)26-20(23-18)25(12-11-14(2)3)24-21(26)28-5/h7-10,14H,6,11-13H2,1-5H3. The van der Waals surface area contributed by atoms with Gasteiger partial charge in [-0.15, -0.1) is 5.10 Å². The normalized spacial score (nSPS) is 18.5. The molecule has 0 N–H and O–H groups in total. The van der Waals surface area contributed by atoms with Crippen LogP contribution in [0.2, 0.25) is 0 Å². The molecular formula is C22H28N4OS. The monoisotopic (exact) mass is 396 g/mol. The summed E-state index contributed by atoms with van der Waals surface area (Å²) in [5.74, 6) is 1.22. The Kier molecular flexibility index (Phi) is 4.86. The number of thioether (sulfide) groups is 1. The van der Waals surface area contributed by atoms with Gasteiger partial charge in [0.1, 0.15) is 0 Å². The molecule has 0 amide bonds. The van der Waals surface area contributed by atoms with Crippen molar-refractivity contribution >= 4 is 17.5 Å². The number of hydrogen-bond acceptors (Lipinski definition) is 4. The van der Waals surface area contributed by atoms with Gasteiger partial charge in [-0.3, -0.25) is 4.79 Å². The quantitative estimate of drug-likeness (QED) is 0.594. The third-order valence-electron chi connectivity index (χ3n) is 6.03. The predicted octanol–water partition coefficient (Wildman–Crippen LogP) is 4.55. The van der Waals surface area contributed by atoms with E-state index in [1.807, 2.05) is 17.0 Å². The highest BCUT2D eigenvalue weighted by atomic mass is 32.2. The topological polar surface area (TPSA) is 52.2 Å². The van der Waals surface area contributed by atoms with Crippen LogP contribution in [0.1, 0.15) is 51.7 Å². The van der Waals surface area contributed by atoms with Crippen molar-refractivity contribution in [2.24, 2.45) is 5.92 Å². The van der Waals surface area contributed by atoms with Gasteiger partial charge in [0, 0.05) is 17.5 Å². The SMILES string of the molecule is CCC1(C)Cc2ccccc2-c2nc3n(CCC(C)C)nc(SC)n3c(=O)c21. The molecular weight excluding hydrogens is 368 g/mol. The Morgan fingerprint density at radius 1 is 1.29 bits per heavy atom. The second-order valence-corrected chi connectivity index (χ2v) is 9.19. The first-order valence-corrected chi connectivity index (χ1v) is 11.3. The smallest absolute Gasteiger partial charge is 0.265 e. The van der Waals surface area contributed by atoms with Crippen LogP contribution in [0.25, 0.3) is 17.0 Å². The average Bonchev–Trinajstić information content (AvgIpc) is 3.04. The summed E-state index contributed by atoms with van der Waals surface area (Å²) < 4.78 is 3.64. The van der Waals surface area contributed by atoms with E-state index in [9.17, 15) is 4.79 Å². The van der Waals surface area contributed by atoms with E-state index in [0.29, 0.717) is 11.7 Å². The van der Waals surface area contributed by atoms with Gasteiger partial charge in [-0.2, -0.15) is 0 Å². The summed E-state index contributed by atoms with van der Waals surface area (Å²) in [6.07, 6.45) is 4.73. The Bertz CT molecular complexity index is 1100. The number of aromatic nitrogens is 4. The van der Waals surface area contributed by atoms with Crippen LogP contribution in [-0.2, 0) is 18.4 Å². The zero-order valence-corrected chi connectivity index (χ0v) is 18.1. The molecule has 2 aromatic heterocycles. The van der Waals surface area contributed by atoms with E-state index in [4.69, 9.17) is 10.1 Å². The van der Waals surface area contributed by atoms with Gasteiger partial charge < -0.3 is 0 Å². The largest absolute Gasteiger partial charge is 0.268 e. The molecule has 0 saturated heterocycles. The fraction of sp³-hybridized carbons (Fsp3) is 0.500. The Morgan fingerprint density at radius 3 is 2.71 bits per heavy atom. The molecule has 3 aromatic rings. The fourth-order valence-corrected chi connectivity index (χ4v) is 4.69. The summed E-state index contributed by atoms with van der Waals surface area (Å²) in [6.45, 7) is 9.52. The maximum Gasteiger partial charge on any atom is 0.265 e. The molecule has 1 aliphatic carbocycles. The van der Waals surface area contributed by atoms with E-state index < -0.39 is 0 Å². The molecule has 4 rings (SSSR count). The van der Waals surface area contributed by atoms with Gasteiger partial charge in [-0.25, -0.2) is 14.1 Å². The summed E-state index contributed by atoms with van der Waals surface area (Å²) in [5.41, 5.74) is 3.86. The number of benzene rings is 1. The summed E-state index contributed by atoms with van der Waals surface area (Å²) >= 11 is 1.50. The van der Waals surface area contributed by atoms with Crippen LogP contribution in [0.5, 0.6) is 0 Å². The zero-order chi connectivity index (χ0) is 20.1. The first-order chi connectivity index (χ1) is 13.4. The Hall–Kier alpha value is -2.08. The molecule has 0 saturated carbocycles. The van der Waals surface area contributed by atoms with E-state index >= 15 is 0 Å². The summed E-state index contributed by atoms with van der Waals surface area (Å²) in [6, 6.07) is 8.36. The molecule has 2 heterocycles. The number of nitrogens with zero attached hydrogens (tertiary/aromatic N) is 4. The van der Waals surface area contributed by atoms with Crippen molar-refractivity contribution in [2.45, 2.75) is 64.1 Å². The molecule has 0 bridgehead atoms. The molecule has 0 aliphatic heterocycles. The molecule has 148 valence electrons. The number of fused-ring (bicyclic) bond motifs is 4. The minimum Gasteiger partial charge on any atom is -0.268 e. The summed E-state index contributed by atoms with van der Waals surface area (Å²) in [7, 11) is 0. The van der Waals surface area contributed by atoms with E-state index in [1.165, 1.54) is 17.3 Å². The second kappa shape index (κ2) is 7.07. The van der Waals surface area contributed by atoms with E-state index in [-0.39, 0.29) is 11.0 Å². The predicted molar refractivity (Wildman–Crippen MR) is 115 cm³/mol. The minimum absolute atomic E-state index is 0.0407. The lowest BCUT2D eigenvalue weighted by Crippen LogP contribution is -2.37. The van der Waals surface area contributed by atoms with E-state index in [1.54, 1.807) is 4.40 Å². The van der Waals surface area contributed by atoms with Crippen molar-refractivity contribution in [3.63, 3.8) is 0 Å². The van der Waals surface area contributed by atoms with Crippen molar-refractivity contribution < 1.29 is 0 Å². The molecule has 0 fully saturated rings. The second-order valence-electron chi connectivity index (χ2n) is 8.42. The number of hydrogen-bond donors (Lipinski definition) is 0. The first-order valence-electron chi connectivity index (χ1n) is 10.1. The Balaban J connectivity index is 2.06. The molecule has 1 aliphatic rings. The van der Waals surface area contributed by atoms with E-state index in [2.05, 4.69) is 45.9 Å². The molecule has 5 nitrogen and oxygen atoms in total. The van der Waals surface area contributed by atoms with Crippen LogP contribution in [0.15, 0.2) is 34.2 Å². The van der Waals surface area contributed by atoms with Gasteiger partial charge in [0.15, 0.2) is 5.16 Å². The fourth-order valence-electron chi connectivity index (χ4n) is 4.17. The van der Waals surface area contributed by atoms with Crippen LogP contribution in [0, 0.1) is 5.92 Å². The van der Waals surface area contributed by atoms with Crippen molar-refractivity contribution in [2.75, 3.05) is 6.26 Å². The maximum atomic E-state index is 13.7. The first kappa shape index (κ1) is 19.2. The third-order valence-corrected chi connectivity index (χ3v) is 6.66.